The molecule has 1 atom stereocenters. The highest BCUT2D eigenvalue weighted by molar-refractivity contribution is 7.89. The first-order chi connectivity index (χ1) is 14.3. The third-order valence-corrected chi connectivity index (χ3v) is 7.44. The predicted molar refractivity (Wildman–Crippen MR) is 112 cm³/mol. The molecule has 1 aromatic heterocycles. The van der Waals surface area contributed by atoms with Gasteiger partial charge in [0.25, 0.3) is 0 Å². The average molecular weight is 447 g/mol. The molecule has 0 unspecified atom stereocenters. The van der Waals surface area contributed by atoms with Crippen LogP contribution in [0.3, 0.4) is 0 Å². The Bertz CT molecular complexity index is 1230. The number of hydrogen-bond acceptors (Lipinski definition) is 5. The maximum absolute atomic E-state index is 13.4. The lowest BCUT2D eigenvalue weighted by Crippen LogP contribution is -2.42. The van der Waals surface area contributed by atoms with Crippen LogP contribution in [0.2, 0.25) is 5.02 Å². The Morgan fingerprint density at radius 3 is 2.50 bits per heavy atom. The van der Waals surface area contributed by atoms with Crippen LogP contribution < -0.4 is 0 Å². The van der Waals surface area contributed by atoms with Crippen molar-refractivity contribution in [2.24, 2.45) is 0 Å². The fourth-order valence-corrected chi connectivity index (χ4v) is 5.59. The van der Waals surface area contributed by atoms with Gasteiger partial charge in [0.2, 0.25) is 15.9 Å². The molecule has 9 heteroatoms. The number of hydrogen-bond donors (Lipinski definition) is 0. The van der Waals surface area contributed by atoms with Gasteiger partial charge in [-0.15, -0.1) is 0 Å². The van der Waals surface area contributed by atoms with Gasteiger partial charge in [0, 0.05) is 23.2 Å². The number of ether oxygens (including phenoxy) is 1. The van der Waals surface area contributed by atoms with E-state index in [0.29, 0.717) is 28.8 Å². The number of para-hydroxylation sites is 1. The molecule has 0 amide bonds. The molecule has 2 aromatic carbocycles. The molecule has 0 N–H and O–H groups in total. The molecule has 1 aliphatic rings. The molecule has 0 radical (unpaired) electrons. The van der Waals surface area contributed by atoms with E-state index >= 15 is 0 Å². The number of sulfonamides is 1. The fourth-order valence-electron chi connectivity index (χ4n) is 3.81. The van der Waals surface area contributed by atoms with E-state index in [1.165, 1.54) is 46.4 Å². The van der Waals surface area contributed by atoms with Gasteiger partial charge in [0.1, 0.15) is 6.04 Å². The molecular formula is C21H19ClN2O5S. The molecule has 0 aliphatic carbocycles. The lowest BCUT2D eigenvalue weighted by Gasteiger charge is -2.23. The number of methoxy groups -OCH3 is 1. The number of carbonyl (C=O) groups is 2. The van der Waals surface area contributed by atoms with E-state index in [0.717, 1.165) is 0 Å². The zero-order chi connectivity index (χ0) is 21.5. The van der Waals surface area contributed by atoms with Crippen molar-refractivity contribution in [3.05, 3.63) is 65.3 Å². The van der Waals surface area contributed by atoms with Crippen molar-refractivity contribution in [1.82, 2.24) is 8.87 Å². The van der Waals surface area contributed by atoms with Crippen LogP contribution in [-0.2, 0) is 14.8 Å². The van der Waals surface area contributed by atoms with Crippen molar-refractivity contribution in [3.8, 4) is 0 Å². The number of fused-ring (bicyclic) bond motifs is 1. The van der Waals surface area contributed by atoms with Crippen LogP contribution in [0.15, 0.2) is 59.6 Å². The predicted octanol–water partition coefficient (Wildman–Crippen LogP) is 3.57. The summed E-state index contributed by atoms with van der Waals surface area (Å²) in [6.45, 7) is 0.241. The van der Waals surface area contributed by atoms with Crippen molar-refractivity contribution in [2.45, 2.75) is 23.8 Å². The first-order valence-electron chi connectivity index (χ1n) is 9.34. The molecule has 4 rings (SSSR count). The van der Waals surface area contributed by atoms with Crippen molar-refractivity contribution in [2.75, 3.05) is 13.7 Å². The van der Waals surface area contributed by atoms with Crippen LogP contribution in [0.5, 0.6) is 0 Å². The minimum Gasteiger partial charge on any atom is -0.465 e. The van der Waals surface area contributed by atoms with E-state index < -0.39 is 27.9 Å². The van der Waals surface area contributed by atoms with E-state index in [-0.39, 0.29) is 17.0 Å². The summed E-state index contributed by atoms with van der Waals surface area (Å²) in [6.07, 6.45) is 2.38. The van der Waals surface area contributed by atoms with Crippen molar-refractivity contribution >= 4 is 44.4 Å². The second-order valence-corrected chi connectivity index (χ2v) is 9.31. The lowest BCUT2D eigenvalue weighted by molar-refractivity contribution is 0.0603. The van der Waals surface area contributed by atoms with Gasteiger partial charge >= 0.3 is 5.97 Å². The monoisotopic (exact) mass is 446 g/mol. The molecule has 3 aromatic rings. The first-order valence-corrected chi connectivity index (χ1v) is 11.2. The highest BCUT2D eigenvalue weighted by atomic mass is 35.5. The Kier molecular flexibility index (Phi) is 5.40. The number of esters is 1. The molecule has 1 aliphatic heterocycles. The highest BCUT2D eigenvalue weighted by Crippen LogP contribution is 2.30. The summed E-state index contributed by atoms with van der Waals surface area (Å²) in [7, 11) is -2.60. The molecule has 30 heavy (non-hydrogen) atoms. The van der Waals surface area contributed by atoms with Gasteiger partial charge in [-0.1, -0.05) is 29.8 Å². The Hall–Kier alpha value is -2.68. The first kappa shape index (κ1) is 20.6. The third-order valence-electron chi connectivity index (χ3n) is 5.26. The topological polar surface area (TPSA) is 85.7 Å². The van der Waals surface area contributed by atoms with Gasteiger partial charge in [-0.2, -0.15) is 4.31 Å². The molecule has 0 bridgehead atoms. The zero-order valence-corrected chi connectivity index (χ0v) is 17.7. The van der Waals surface area contributed by atoms with Gasteiger partial charge in [-0.3, -0.25) is 9.36 Å². The summed E-state index contributed by atoms with van der Waals surface area (Å²) in [6, 6.07) is 11.9. The van der Waals surface area contributed by atoms with Gasteiger partial charge in [0.05, 0.1) is 23.1 Å². The maximum Gasteiger partial charge on any atom is 0.340 e. The van der Waals surface area contributed by atoms with E-state index in [1.807, 2.05) is 0 Å². The summed E-state index contributed by atoms with van der Waals surface area (Å²) in [5.74, 6) is -0.966. The minimum atomic E-state index is -3.88. The smallest absolute Gasteiger partial charge is 0.340 e. The number of rotatable bonds is 4. The van der Waals surface area contributed by atoms with E-state index in [2.05, 4.69) is 0 Å². The highest BCUT2D eigenvalue weighted by Gasteiger charge is 2.40. The standard InChI is InChI=1S/C21H19ClN2O5S/c1-29-21(26)17-13-23(18-6-3-2-5-16(17)18)20(25)19-7-4-12-24(19)30(27,28)15-10-8-14(22)9-11-15/h2-3,5-6,8-11,13,19H,4,7,12H2,1H3/t19-/m1/s1. The van der Waals surface area contributed by atoms with Crippen molar-refractivity contribution < 1.29 is 22.7 Å². The lowest BCUT2D eigenvalue weighted by atomic mass is 10.2. The van der Waals surface area contributed by atoms with Crippen LogP contribution in [0.1, 0.15) is 28.0 Å². The quantitative estimate of drug-likeness (QED) is 0.572. The van der Waals surface area contributed by atoms with Crippen LogP contribution in [0.4, 0.5) is 0 Å². The van der Waals surface area contributed by atoms with Gasteiger partial charge in [-0.25, -0.2) is 13.2 Å². The molecule has 1 saturated heterocycles. The number of halogens is 1. The summed E-state index contributed by atoms with van der Waals surface area (Å²) in [5.41, 5.74) is 0.783. The molecule has 0 saturated carbocycles. The summed E-state index contributed by atoms with van der Waals surface area (Å²) in [5, 5.41) is 1.000. The number of nitrogens with zero attached hydrogens (tertiary/aromatic N) is 2. The number of benzene rings is 2. The summed E-state index contributed by atoms with van der Waals surface area (Å²) >= 11 is 5.87. The molecular weight excluding hydrogens is 428 g/mol. The average Bonchev–Trinajstić information content (AvgIpc) is 3.39. The molecule has 1 fully saturated rings. The Labute approximate surface area is 178 Å². The largest absolute Gasteiger partial charge is 0.465 e. The Morgan fingerprint density at radius 2 is 1.80 bits per heavy atom. The third kappa shape index (κ3) is 3.40. The number of aromatic nitrogens is 1. The molecule has 2 heterocycles. The zero-order valence-electron chi connectivity index (χ0n) is 16.1. The molecule has 0 spiro atoms. The summed E-state index contributed by atoms with van der Waals surface area (Å²) < 4.78 is 33.7. The number of carbonyl (C=O) groups excluding carboxylic acids is 2. The summed E-state index contributed by atoms with van der Waals surface area (Å²) in [4.78, 5) is 25.7. The van der Waals surface area contributed by atoms with Crippen molar-refractivity contribution in [3.63, 3.8) is 0 Å². The van der Waals surface area contributed by atoms with Crippen LogP contribution in [0.25, 0.3) is 10.9 Å². The second-order valence-electron chi connectivity index (χ2n) is 6.99. The van der Waals surface area contributed by atoms with Crippen LogP contribution in [-0.4, -0.2) is 48.9 Å². The Morgan fingerprint density at radius 1 is 1.10 bits per heavy atom. The molecule has 7 nitrogen and oxygen atoms in total. The van der Waals surface area contributed by atoms with E-state index in [4.69, 9.17) is 16.3 Å². The SMILES string of the molecule is COC(=O)c1cn(C(=O)[C@H]2CCCN2S(=O)(=O)c2ccc(Cl)cc2)c2ccccc12. The van der Waals surface area contributed by atoms with Gasteiger partial charge in [-0.05, 0) is 43.2 Å². The van der Waals surface area contributed by atoms with Crippen LogP contribution in [0, 0.1) is 0 Å². The Balaban J connectivity index is 1.75. The van der Waals surface area contributed by atoms with Crippen LogP contribution >= 0.6 is 11.6 Å². The van der Waals surface area contributed by atoms with E-state index in [9.17, 15) is 18.0 Å². The fraction of sp³-hybridized carbons (Fsp3) is 0.238. The maximum atomic E-state index is 13.4. The van der Waals surface area contributed by atoms with Gasteiger partial charge in [0.15, 0.2) is 0 Å². The van der Waals surface area contributed by atoms with Gasteiger partial charge < -0.3 is 4.74 Å². The normalized spacial score (nSPS) is 17.3. The van der Waals surface area contributed by atoms with E-state index in [1.54, 1.807) is 24.3 Å². The van der Waals surface area contributed by atoms with Crippen molar-refractivity contribution in [1.29, 1.82) is 0 Å². The minimum absolute atomic E-state index is 0.0826. The molecule has 156 valence electrons. The second kappa shape index (κ2) is 7.86.